The van der Waals surface area contributed by atoms with Crippen LogP contribution < -0.4 is 15.5 Å². The summed E-state index contributed by atoms with van der Waals surface area (Å²) in [6.07, 6.45) is 2.07. The summed E-state index contributed by atoms with van der Waals surface area (Å²) in [4.78, 5) is 24.9. The third-order valence-electron chi connectivity index (χ3n) is 4.30. The smallest absolute Gasteiger partial charge is 0.262 e. The number of rotatable bonds is 9. The molecular weight excluding hydrogens is 366 g/mol. The Hall–Kier alpha value is -3.15. The van der Waals surface area contributed by atoms with Crippen molar-refractivity contribution < 1.29 is 14.3 Å². The lowest BCUT2D eigenvalue weighted by molar-refractivity contribution is -0.130. The zero-order valence-corrected chi connectivity index (χ0v) is 17.4. The molecule has 0 saturated heterocycles. The van der Waals surface area contributed by atoms with Crippen LogP contribution in [0.3, 0.4) is 0 Å². The minimum atomic E-state index is -0.683. The van der Waals surface area contributed by atoms with Gasteiger partial charge in [-0.2, -0.15) is 5.10 Å². The van der Waals surface area contributed by atoms with Crippen molar-refractivity contribution in [3.05, 3.63) is 65.2 Å². The molecule has 0 aliphatic rings. The Kier molecular flexibility index (Phi) is 8.40. The number of nitrogens with zero attached hydrogens (tertiary/aromatic N) is 1. The molecule has 1 atom stereocenters. The number of ether oxygens (including phenoxy) is 1. The van der Waals surface area contributed by atoms with Gasteiger partial charge in [-0.25, -0.2) is 5.43 Å². The molecule has 2 aromatic carbocycles. The van der Waals surface area contributed by atoms with Crippen molar-refractivity contribution in [2.45, 2.75) is 40.2 Å². The van der Waals surface area contributed by atoms with E-state index in [-0.39, 0.29) is 24.3 Å². The highest BCUT2D eigenvalue weighted by molar-refractivity contribution is 5.89. The van der Waals surface area contributed by atoms with Gasteiger partial charge in [0.05, 0.1) is 6.21 Å². The number of carbonyl (C=O) groups excluding carboxylic acids is 2. The monoisotopic (exact) mass is 395 g/mol. The Bertz CT molecular complexity index is 827. The van der Waals surface area contributed by atoms with E-state index in [1.165, 1.54) is 0 Å². The van der Waals surface area contributed by atoms with Gasteiger partial charge in [-0.1, -0.05) is 62.4 Å². The van der Waals surface area contributed by atoms with E-state index in [1.807, 2.05) is 76.2 Å². The third kappa shape index (κ3) is 7.41. The van der Waals surface area contributed by atoms with Crippen LogP contribution in [0.1, 0.15) is 37.0 Å². The van der Waals surface area contributed by atoms with Gasteiger partial charge in [0, 0.05) is 0 Å². The molecule has 2 rings (SSSR count). The molecule has 6 heteroatoms. The number of aryl methyl sites for hydroxylation is 2. The first-order valence-corrected chi connectivity index (χ1v) is 9.73. The predicted octanol–water partition coefficient (Wildman–Crippen LogP) is 3.36. The summed E-state index contributed by atoms with van der Waals surface area (Å²) in [5.41, 5.74) is 5.31. The van der Waals surface area contributed by atoms with Gasteiger partial charge >= 0.3 is 0 Å². The molecule has 29 heavy (non-hydrogen) atoms. The van der Waals surface area contributed by atoms with Crippen LogP contribution in [0.15, 0.2) is 53.6 Å². The molecule has 2 amide bonds. The number of hydrazone groups is 1. The van der Waals surface area contributed by atoms with E-state index in [0.717, 1.165) is 16.7 Å². The summed E-state index contributed by atoms with van der Waals surface area (Å²) in [6, 6.07) is 14.6. The van der Waals surface area contributed by atoms with Crippen molar-refractivity contribution in [3.8, 4) is 5.75 Å². The summed E-state index contributed by atoms with van der Waals surface area (Å²) < 4.78 is 5.68. The van der Waals surface area contributed by atoms with Crippen molar-refractivity contribution in [2.24, 2.45) is 11.0 Å². The van der Waals surface area contributed by atoms with Crippen molar-refractivity contribution >= 4 is 18.0 Å². The lowest BCUT2D eigenvalue weighted by Crippen LogP contribution is -2.47. The van der Waals surface area contributed by atoms with Crippen molar-refractivity contribution in [1.82, 2.24) is 10.7 Å². The quantitative estimate of drug-likeness (QED) is 0.505. The standard InChI is InChI=1S/C23H29N3O3/c1-16(2)13-20(23(28)26-24-14-19-11-6-5-7-12-19)25-21(27)15-29-22-17(3)9-8-10-18(22)4/h5-12,14,16,20H,13,15H2,1-4H3,(H,25,27)(H,26,28)/b24-14-/t20-/m0/s1. The van der Waals surface area contributed by atoms with E-state index < -0.39 is 6.04 Å². The fourth-order valence-corrected chi connectivity index (χ4v) is 2.89. The molecule has 0 aromatic heterocycles. The van der Waals surface area contributed by atoms with Crippen LogP contribution in [0, 0.1) is 19.8 Å². The van der Waals surface area contributed by atoms with E-state index in [4.69, 9.17) is 4.74 Å². The van der Waals surface area contributed by atoms with Crippen LogP contribution in [0.5, 0.6) is 5.75 Å². The Morgan fingerprint density at radius 2 is 1.69 bits per heavy atom. The van der Waals surface area contributed by atoms with Gasteiger partial charge < -0.3 is 10.1 Å². The number of amides is 2. The Labute approximate surface area is 172 Å². The highest BCUT2D eigenvalue weighted by atomic mass is 16.5. The summed E-state index contributed by atoms with van der Waals surface area (Å²) in [7, 11) is 0. The van der Waals surface area contributed by atoms with Gasteiger partial charge in [0.2, 0.25) is 0 Å². The maximum atomic E-state index is 12.5. The minimum Gasteiger partial charge on any atom is -0.483 e. The van der Waals surface area contributed by atoms with Crippen LogP contribution in [-0.4, -0.2) is 30.7 Å². The molecule has 0 unspecified atom stereocenters. The average Bonchev–Trinajstić information content (AvgIpc) is 2.67. The molecule has 0 heterocycles. The van der Waals surface area contributed by atoms with Crippen LogP contribution in [0.25, 0.3) is 0 Å². The molecule has 0 saturated carbocycles. The number of hydrogen-bond acceptors (Lipinski definition) is 4. The minimum absolute atomic E-state index is 0.152. The second-order valence-corrected chi connectivity index (χ2v) is 7.40. The first-order chi connectivity index (χ1) is 13.9. The first-order valence-electron chi connectivity index (χ1n) is 9.73. The molecular formula is C23H29N3O3. The van der Waals surface area contributed by atoms with Gasteiger partial charge in [0.1, 0.15) is 11.8 Å². The number of carbonyl (C=O) groups is 2. The molecule has 0 radical (unpaired) electrons. The Balaban J connectivity index is 1.93. The third-order valence-corrected chi connectivity index (χ3v) is 4.30. The lowest BCUT2D eigenvalue weighted by Gasteiger charge is -2.19. The number of para-hydroxylation sites is 1. The van der Waals surface area contributed by atoms with Crippen LogP contribution >= 0.6 is 0 Å². The van der Waals surface area contributed by atoms with Crippen LogP contribution in [-0.2, 0) is 9.59 Å². The fraction of sp³-hybridized carbons (Fsp3) is 0.348. The Morgan fingerprint density at radius 1 is 1.03 bits per heavy atom. The summed E-state index contributed by atoms with van der Waals surface area (Å²) in [5, 5.41) is 6.74. The second kappa shape index (κ2) is 11.0. The van der Waals surface area contributed by atoms with Crippen LogP contribution in [0.4, 0.5) is 0 Å². The maximum absolute atomic E-state index is 12.5. The van der Waals surface area contributed by atoms with Gasteiger partial charge in [0.25, 0.3) is 11.8 Å². The topological polar surface area (TPSA) is 79.8 Å². The van der Waals surface area contributed by atoms with Gasteiger partial charge in [0.15, 0.2) is 6.61 Å². The highest BCUT2D eigenvalue weighted by Gasteiger charge is 2.22. The van der Waals surface area contributed by atoms with Gasteiger partial charge in [-0.05, 0) is 42.9 Å². The molecule has 6 nitrogen and oxygen atoms in total. The molecule has 0 spiro atoms. The number of hydrogen-bond donors (Lipinski definition) is 2. The maximum Gasteiger partial charge on any atom is 0.262 e. The normalized spacial score (nSPS) is 12.0. The van der Waals surface area contributed by atoms with E-state index in [0.29, 0.717) is 12.2 Å². The zero-order chi connectivity index (χ0) is 21.2. The van der Waals surface area contributed by atoms with E-state index in [1.54, 1.807) is 6.21 Å². The van der Waals surface area contributed by atoms with Crippen molar-refractivity contribution in [2.75, 3.05) is 6.61 Å². The van der Waals surface area contributed by atoms with E-state index >= 15 is 0 Å². The molecule has 2 aromatic rings. The molecule has 2 N–H and O–H groups in total. The summed E-state index contributed by atoms with van der Waals surface area (Å²) >= 11 is 0. The molecule has 154 valence electrons. The van der Waals surface area contributed by atoms with Gasteiger partial charge in [-0.3, -0.25) is 9.59 Å². The van der Waals surface area contributed by atoms with Crippen molar-refractivity contribution in [3.63, 3.8) is 0 Å². The Morgan fingerprint density at radius 3 is 2.31 bits per heavy atom. The SMILES string of the molecule is Cc1cccc(C)c1OCC(=O)N[C@@H](CC(C)C)C(=O)N/N=C\c1ccccc1. The second-order valence-electron chi connectivity index (χ2n) is 7.40. The van der Waals surface area contributed by atoms with E-state index in [2.05, 4.69) is 15.8 Å². The lowest BCUT2D eigenvalue weighted by atomic mass is 10.0. The van der Waals surface area contributed by atoms with E-state index in [9.17, 15) is 9.59 Å². The number of nitrogens with one attached hydrogen (secondary N) is 2. The molecule has 0 aliphatic heterocycles. The zero-order valence-electron chi connectivity index (χ0n) is 17.4. The van der Waals surface area contributed by atoms with Crippen LogP contribution in [0.2, 0.25) is 0 Å². The fourth-order valence-electron chi connectivity index (χ4n) is 2.89. The summed E-state index contributed by atoms with van der Waals surface area (Å²) in [6.45, 7) is 7.69. The first kappa shape index (κ1) is 22.1. The van der Waals surface area contributed by atoms with Crippen molar-refractivity contribution in [1.29, 1.82) is 0 Å². The number of benzene rings is 2. The largest absolute Gasteiger partial charge is 0.483 e. The average molecular weight is 396 g/mol. The molecule has 0 fully saturated rings. The molecule has 0 aliphatic carbocycles. The highest BCUT2D eigenvalue weighted by Crippen LogP contribution is 2.22. The predicted molar refractivity (Wildman–Crippen MR) is 115 cm³/mol. The van der Waals surface area contributed by atoms with Gasteiger partial charge in [-0.15, -0.1) is 0 Å². The molecule has 0 bridgehead atoms. The summed E-state index contributed by atoms with van der Waals surface area (Å²) in [5.74, 6) is 0.218.